The zero-order valence-electron chi connectivity index (χ0n) is 1.80. The van der Waals surface area contributed by atoms with Crippen LogP contribution in [0, 0.1) is 6.79 Å². The summed E-state index contributed by atoms with van der Waals surface area (Å²) in [4.78, 5) is 7.75. The first kappa shape index (κ1) is 2.14. The van der Waals surface area contributed by atoms with Crippen molar-refractivity contribution in [2.24, 2.45) is 0 Å². The Morgan fingerprint density at radius 3 is 1.50 bits per heavy atom. The maximum Gasteiger partial charge on any atom is 0.286 e. The van der Waals surface area contributed by atoms with Crippen molar-refractivity contribution in [3.8, 4) is 0 Å². The Balaban J connectivity index is 2.00. The average molecular weight is 61.0 g/mol. The van der Waals surface area contributed by atoms with E-state index in [4.69, 9.17) is 0 Å². The van der Waals surface area contributed by atoms with Gasteiger partial charge in [-0.2, -0.15) is 9.78 Å². The van der Waals surface area contributed by atoms with Crippen molar-refractivity contribution in [2.45, 2.75) is 0 Å². The molecule has 23 valence electrons. The lowest BCUT2D eigenvalue weighted by atomic mass is 11.5. The molecule has 0 atom stereocenters. The summed E-state index contributed by atoms with van der Waals surface area (Å²) in [5.41, 5.74) is 0. The van der Waals surface area contributed by atoms with E-state index < -0.39 is 0 Å². The van der Waals surface area contributed by atoms with Crippen molar-refractivity contribution in [3.05, 3.63) is 6.79 Å². The summed E-state index contributed by atoms with van der Waals surface area (Å²) in [7, 11) is 0. The minimum absolute atomic E-state index is 1.08. The molecule has 0 bridgehead atoms. The minimum Gasteiger partial charge on any atom is -0.165 e. The molecule has 0 unspecified atom stereocenters. The van der Waals surface area contributed by atoms with Gasteiger partial charge in [0.1, 0.15) is 0 Å². The van der Waals surface area contributed by atoms with Crippen LogP contribution in [-0.4, -0.2) is 0 Å². The Morgan fingerprint density at radius 2 is 1.50 bits per heavy atom. The molecular weight excluding hydrogens is 60.0 g/mol. The monoisotopic (exact) mass is 61.0 g/mol. The lowest BCUT2D eigenvalue weighted by Crippen LogP contribution is -2.03. The topological polar surface area (TPSA) is 27.7 Å². The zero-order chi connectivity index (χ0) is 2.83. The Hall–Kier alpha value is -0.120. The molecule has 1 saturated heterocycles. The fraction of sp³-hybridized carbons (Fsp3) is 0. The molecule has 0 saturated carbocycles. The fourth-order valence-corrected chi connectivity index (χ4v) is 0.0393. The first-order chi connectivity index (χ1) is 2.00. The van der Waals surface area contributed by atoms with Crippen molar-refractivity contribution in [1.29, 1.82) is 0 Å². The molecule has 0 aromatic rings. The van der Waals surface area contributed by atoms with Crippen LogP contribution in [0.15, 0.2) is 0 Å². The minimum atomic E-state index is 1.08. The van der Waals surface area contributed by atoms with Gasteiger partial charge in [-0.3, -0.25) is 0 Å². The third kappa shape index (κ3) is 0.0967. The predicted octanol–water partition coefficient (Wildman–Crippen LogP) is -0.000910. The Kier molecular flexibility index (Phi) is 0.361. The highest BCUT2D eigenvalue weighted by Gasteiger charge is 1.99. The van der Waals surface area contributed by atoms with Crippen LogP contribution in [0.1, 0.15) is 0 Å². The highest BCUT2D eigenvalue weighted by Crippen LogP contribution is 1.97. The van der Waals surface area contributed by atoms with Gasteiger partial charge in [0.05, 0.1) is 0 Å². The van der Waals surface area contributed by atoms with E-state index in [1.165, 1.54) is 0 Å². The quantitative estimate of drug-likeness (QED) is 0.369. The second-order valence-corrected chi connectivity index (χ2v) is 0.357. The van der Waals surface area contributed by atoms with E-state index >= 15 is 0 Å². The van der Waals surface area contributed by atoms with Gasteiger partial charge in [0, 0.05) is 0 Å². The highest BCUT2D eigenvalue weighted by molar-refractivity contribution is 4.10. The lowest BCUT2D eigenvalue weighted by Gasteiger charge is -2.04. The van der Waals surface area contributed by atoms with Crippen molar-refractivity contribution in [1.82, 2.24) is 0 Å². The highest BCUT2D eigenvalue weighted by atomic mass is 17.6. The SMILES string of the molecule is [CH]1OOO1. The predicted molar refractivity (Wildman–Crippen MR) is 7.55 cm³/mol. The summed E-state index contributed by atoms with van der Waals surface area (Å²) < 4.78 is 0. The van der Waals surface area contributed by atoms with Crippen molar-refractivity contribution >= 4 is 0 Å². The van der Waals surface area contributed by atoms with Gasteiger partial charge < -0.3 is 0 Å². The molecule has 3 nitrogen and oxygen atoms in total. The lowest BCUT2D eigenvalue weighted by molar-refractivity contribution is -0.611. The summed E-state index contributed by atoms with van der Waals surface area (Å²) in [5.74, 6) is 0. The van der Waals surface area contributed by atoms with E-state index in [0.717, 1.165) is 6.79 Å². The molecule has 1 aliphatic heterocycles. The van der Waals surface area contributed by atoms with Gasteiger partial charge in [0.15, 0.2) is 0 Å². The molecule has 4 heavy (non-hydrogen) atoms. The van der Waals surface area contributed by atoms with Gasteiger partial charge in [-0.05, 0) is 0 Å². The number of hydrogen-bond donors (Lipinski definition) is 0. The largest absolute Gasteiger partial charge is 0.286 e. The van der Waals surface area contributed by atoms with Crippen LogP contribution in [0.3, 0.4) is 0 Å². The first-order valence-electron chi connectivity index (χ1n) is 0.805. The van der Waals surface area contributed by atoms with E-state index in [0.29, 0.717) is 0 Å². The van der Waals surface area contributed by atoms with E-state index in [1.54, 1.807) is 0 Å². The van der Waals surface area contributed by atoms with E-state index in [9.17, 15) is 0 Å². The van der Waals surface area contributed by atoms with Crippen LogP contribution < -0.4 is 0 Å². The summed E-state index contributed by atoms with van der Waals surface area (Å²) in [6, 6.07) is 0. The second-order valence-electron chi connectivity index (χ2n) is 0.357. The van der Waals surface area contributed by atoms with Crippen LogP contribution in [0.2, 0.25) is 0 Å². The number of hydrogen-bond acceptors (Lipinski definition) is 3. The summed E-state index contributed by atoms with van der Waals surface area (Å²) in [6.45, 7) is 1.08. The maximum absolute atomic E-state index is 3.88. The Morgan fingerprint density at radius 1 is 1.25 bits per heavy atom. The molecule has 0 amide bonds. The molecule has 0 aromatic carbocycles. The zero-order valence-corrected chi connectivity index (χ0v) is 1.80. The molecule has 1 rings (SSSR count). The van der Waals surface area contributed by atoms with E-state index in [-0.39, 0.29) is 0 Å². The molecule has 0 N–H and O–H groups in total. The molecule has 1 radical (unpaired) electrons. The third-order valence-electron chi connectivity index (χ3n) is 0.157. The first-order valence-corrected chi connectivity index (χ1v) is 0.805. The fourth-order valence-electron chi connectivity index (χ4n) is 0.0393. The van der Waals surface area contributed by atoms with Crippen molar-refractivity contribution < 1.29 is 14.8 Å². The van der Waals surface area contributed by atoms with E-state index in [1.807, 2.05) is 0 Å². The standard InChI is InChI=1S/CHO3/c1-2-4-3-1/h1H. The molecule has 0 spiro atoms. The third-order valence-corrected chi connectivity index (χ3v) is 0.157. The summed E-state index contributed by atoms with van der Waals surface area (Å²) in [6.07, 6.45) is 0. The average Bonchev–Trinajstić information content (AvgIpc) is 0.722. The molecule has 1 aliphatic rings. The van der Waals surface area contributed by atoms with Crippen LogP contribution in [0.25, 0.3) is 0 Å². The smallest absolute Gasteiger partial charge is 0.165 e. The molecular formula is CHO3. The molecule has 1 heterocycles. The van der Waals surface area contributed by atoms with Crippen LogP contribution in [0.5, 0.6) is 0 Å². The van der Waals surface area contributed by atoms with Crippen molar-refractivity contribution in [2.75, 3.05) is 0 Å². The van der Waals surface area contributed by atoms with Crippen LogP contribution >= 0.6 is 0 Å². The second kappa shape index (κ2) is 0.676. The molecule has 3 heteroatoms. The van der Waals surface area contributed by atoms with Gasteiger partial charge in [-0.25, -0.2) is 0 Å². The Labute approximate surface area is 22.9 Å². The maximum atomic E-state index is 3.88. The van der Waals surface area contributed by atoms with Gasteiger partial charge in [-0.15, -0.1) is 0 Å². The Bertz CT molecular complexity index is 11.2. The van der Waals surface area contributed by atoms with Crippen LogP contribution in [-0.2, 0) is 14.8 Å². The molecule has 0 aromatic heterocycles. The summed E-state index contributed by atoms with van der Waals surface area (Å²) in [5, 5.41) is 3.67. The van der Waals surface area contributed by atoms with Gasteiger partial charge in [-0.1, -0.05) is 5.04 Å². The normalized spacial score (nSPS) is 24.0. The van der Waals surface area contributed by atoms with Gasteiger partial charge >= 0.3 is 0 Å². The van der Waals surface area contributed by atoms with Crippen LogP contribution in [0.4, 0.5) is 0 Å². The van der Waals surface area contributed by atoms with Crippen molar-refractivity contribution in [3.63, 3.8) is 0 Å². The molecule has 0 aliphatic carbocycles. The van der Waals surface area contributed by atoms with Gasteiger partial charge in [0.25, 0.3) is 6.79 Å². The summed E-state index contributed by atoms with van der Waals surface area (Å²) >= 11 is 0. The van der Waals surface area contributed by atoms with E-state index in [2.05, 4.69) is 14.8 Å². The van der Waals surface area contributed by atoms with Gasteiger partial charge in [0.2, 0.25) is 0 Å². The number of rotatable bonds is 0. The molecule has 1 fully saturated rings.